The summed E-state index contributed by atoms with van der Waals surface area (Å²) in [6.45, 7) is 0. The quantitative estimate of drug-likeness (QED) is 0.665. The van der Waals surface area contributed by atoms with E-state index in [0.29, 0.717) is 22.8 Å². The van der Waals surface area contributed by atoms with Crippen molar-refractivity contribution < 1.29 is 0 Å². The van der Waals surface area contributed by atoms with E-state index in [-0.39, 0.29) is 0 Å². The molecule has 130 valence electrons. The molecule has 6 nitrogen and oxygen atoms in total. The van der Waals surface area contributed by atoms with Crippen LogP contribution in [0.25, 0.3) is 5.65 Å². The van der Waals surface area contributed by atoms with Crippen molar-refractivity contribution in [2.75, 3.05) is 11.1 Å². The summed E-state index contributed by atoms with van der Waals surface area (Å²) < 4.78 is 1.75. The van der Waals surface area contributed by atoms with Crippen LogP contribution in [0.5, 0.6) is 0 Å². The van der Waals surface area contributed by atoms with E-state index >= 15 is 0 Å². The molecule has 2 aromatic heterocycles. The van der Waals surface area contributed by atoms with Gasteiger partial charge in [-0.15, -0.1) is 5.10 Å². The second-order valence-corrected chi connectivity index (χ2v) is 7.04. The number of nitrogen functional groups attached to an aromatic ring is 1. The third-order valence-corrected chi connectivity index (χ3v) is 5.13. The Balaban J connectivity index is 1.71. The topological polar surface area (TPSA) is 94.3 Å². The number of anilines is 3. The standard InChI is InChI=1S/C18H21ClN6/c19-13-3-1-2-4-14(13)22-15-9-17(21)24-25-10-16(23-18(15)25)11-5-7-12(20)8-6-11/h1-4,9-12,22H,5-8,20H2,(H2,21,24). The molecule has 1 aromatic carbocycles. The molecule has 1 saturated carbocycles. The lowest BCUT2D eigenvalue weighted by molar-refractivity contribution is 0.391. The van der Waals surface area contributed by atoms with Crippen molar-refractivity contribution in [3.8, 4) is 0 Å². The van der Waals surface area contributed by atoms with Crippen LogP contribution in [0, 0.1) is 0 Å². The third-order valence-electron chi connectivity index (χ3n) is 4.80. The number of halogens is 1. The average Bonchev–Trinajstić information content (AvgIpc) is 3.01. The first-order valence-electron chi connectivity index (χ1n) is 8.53. The zero-order valence-electron chi connectivity index (χ0n) is 13.8. The molecule has 0 atom stereocenters. The first-order valence-corrected chi connectivity index (χ1v) is 8.91. The highest BCUT2D eigenvalue weighted by molar-refractivity contribution is 6.33. The Labute approximate surface area is 151 Å². The van der Waals surface area contributed by atoms with Crippen molar-refractivity contribution in [2.24, 2.45) is 5.73 Å². The van der Waals surface area contributed by atoms with Crippen LogP contribution in [0.1, 0.15) is 37.3 Å². The highest BCUT2D eigenvalue weighted by Gasteiger charge is 2.23. The molecule has 0 aliphatic heterocycles. The van der Waals surface area contributed by atoms with Crippen molar-refractivity contribution in [3.05, 3.63) is 47.2 Å². The molecule has 1 aliphatic rings. The number of rotatable bonds is 3. The SMILES string of the molecule is Nc1cc(Nc2ccccc2Cl)c2nc(C3CCC(N)CC3)cn2n1. The second-order valence-electron chi connectivity index (χ2n) is 6.63. The number of imidazole rings is 1. The number of fused-ring (bicyclic) bond motifs is 1. The van der Waals surface area contributed by atoms with Gasteiger partial charge < -0.3 is 16.8 Å². The Kier molecular flexibility index (Phi) is 4.23. The van der Waals surface area contributed by atoms with Gasteiger partial charge in [0.1, 0.15) is 5.82 Å². The molecule has 0 spiro atoms. The highest BCUT2D eigenvalue weighted by atomic mass is 35.5. The van der Waals surface area contributed by atoms with Crippen molar-refractivity contribution >= 4 is 34.4 Å². The number of nitrogens with zero attached hydrogens (tertiary/aromatic N) is 3. The molecule has 0 saturated heterocycles. The zero-order chi connectivity index (χ0) is 17.4. The lowest BCUT2D eigenvalue weighted by atomic mass is 9.85. The first-order chi connectivity index (χ1) is 12.1. The van der Waals surface area contributed by atoms with Crippen LogP contribution in [0.15, 0.2) is 36.5 Å². The number of nitrogens with one attached hydrogen (secondary N) is 1. The molecular formula is C18H21ClN6. The van der Waals surface area contributed by atoms with Gasteiger partial charge in [-0.3, -0.25) is 0 Å². The van der Waals surface area contributed by atoms with Crippen molar-refractivity contribution in [1.29, 1.82) is 0 Å². The maximum Gasteiger partial charge on any atom is 0.177 e. The molecule has 4 rings (SSSR count). The number of benzene rings is 1. The van der Waals surface area contributed by atoms with E-state index in [2.05, 4.69) is 10.4 Å². The monoisotopic (exact) mass is 356 g/mol. The van der Waals surface area contributed by atoms with Crippen LogP contribution >= 0.6 is 11.6 Å². The molecule has 2 heterocycles. The number of hydrogen-bond donors (Lipinski definition) is 3. The van der Waals surface area contributed by atoms with Gasteiger partial charge in [-0.25, -0.2) is 9.50 Å². The fourth-order valence-electron chi connectivity index (χ4n) is 3.43. The summed E-state index contributed by atoms with van der Waals surface area (Å²) in [6, 6.07) is 9.69. The van der Waals surface area contributed by atoms with Crippen LogP contribution in [0.2, 0.25) is 5.02 Å². The molecule has 0 unspecified atom stereocenters. The van der Waals surface area contributed by atoms with Gasteiger partial charge in [0.15, 0.2) is 5.65 Å². The Hall–Kier alpha value is -2.31. The van der Waals surface area contributed by atoms with E-state index in [0.717, 1.165) is 48.4 Å². The minimum absolute atomic E-state index is 0.319. The van der Waals surface area contributed by atoms with Gasteiger partial charge >= 0.3 is 0 Å². The molecule has 3 aromatic rings. The van der Waals surface area contributed by atoms with E-state index in [1.54, 1.807) is 10.6 Å². The molecule has 5 N–H and O–H groups in total. The number of para-hydroxylation sites is 1. The smallest absolute Gasteiger partial charge is 0.177 e. The van der Waals surface area contributed by atoms with Crippen molar-refractivity contribution in [2.45, 2.75) is 37.6 Å². The zero-order valence-corrected chi connectivity index (χ0v) is 14.6. The van der Waals surface area contributed by atoms with E-state index in [1.807, 2.05) is 30.5 Å². The summed E-state index contributed by atoms with van der Waals surface area (Å²) in [5.41, 5.74) is 15.4. The summed E-state index contributed by atoms with van der Waals surface area (Å²) in [4.78, 5) is 4.83. The van der Waals surface area contributed by atoms with Crippen molar-refractivity contribution in [3.63, 3.8) is 0 Å². The Morgan fingerprint density at radius 3 is 2.64 bits per heavy atom. The predicted molar refractivity (Wildman–Crippen MR) is 101 cm³/mol. The minimum Gasteiger partial charge on any atom is -0.382 e. The van der Waals surface area contributed by atoms with E-state index in [4.69, 9.17) is 28.1 Å². The Morgan fingerprint density at radius 2 is 1.88 bits per heavy atom. The highest BCUT2D eigenvalue weighted by Crippen LogP contribution is 2.33. The number of nitrogens with two attached hydrogens (primary N) is 2. The fraction of sp³-hybridized carbons (Fsp3) is 0.333. The van der Waals surface area contributed by atoms with Gasteiger partial charge in [0.2, 0.25) is 0 Å². The lowest BCUT2D eigenvalue weighted by Crippen LogP contribution is -2.25. The molecule has 25 heavy (non-hydrogen) atoms. The normalized spacial score (nSPS) is 20.7. The average molecular weight is 357 g/mol. The van der Waals surface area contributed by atoms with Gasteiger partial charge in [-0.05, 0) is 37.8 Å². The van der Waals surface area contributed by atoms with Gasteiger partial charge in [0, 0.05) is 18.0 Å². The summed E-state index contributed by atoms with van der Waals surface area (Å²) in [5.74, 6) is 0.854. The molecule has 1 fully saturated rings. The summed E-state index contributed by atoms with van der Waals surface area (Å²) >= 11 is 6.26. The maximum absolute atomic E-state index is 6.26. The second kappa shape index (κ2) is 6.54. The van der Waals surface area contributed by atoms with E-state index < -0.39 is 0 Å². The number of aromatic nitrogens is 3. The largest absolute Gasteiger partial charge is 0.382 e. The minimum atomic E-state index is 0.319. The summed E-state index contributed by atoms with van der Waals surface area (Å²) in [5, 5.41) is 8.33. The van der Waals surface area contributed by atoms with E-state index in [9.17, 15) is 0 Å². The van der Waals surface area contributed by atoms with Crippen LogP contribution < -0.4 is 16.8 Å². The molecule has 0 bridgehead atoms. The molecule has 1 aliphatic carbocycles. The predicted octanol–water partition coefficient (Wildman–Crippen LogP) is 3.69. The van der Waals surface area contributed by atoms with Crippen molar-refractivity contribution in [1.82, 2.24) is 14.6 Å². The van der Waals surface area contributed by atoms with E-state index in [1.165, 1.54) is 0 Å². The number of hydrogen-bond acceptors (Lipinski definition) is 5. The molecule has 7 heteroatoms. The summed E-state index contributed by atoms with van der Waals surface area (Å²) in [7, 11) is 0. The van der Waals surface area contributed by atoms with Crippen LogP contribution in [0.4, 0.5) is 17.2 Å². The fourth-order valence-corrected chi connectivity index (χ4v) is 3.61. The van der Waals surface area contributed by atoms with Crippen LogP contribution in [0.3, 0.4) is 0 Å². The molecule has 0 amide bonds. The van der Waals surface area contributed by atoms with Crippen LogP contribution in [-0.4, -0.2) is 20.6 Å². The Bertz CT molecular complexity index is 898. The summed E-state index contributed by atoms with van der Waals surface area (Å²) in [6.07, 6.45) is 6.18. The lowest BCUT2D eigenvalue weighted by Gasteiger charge is -2.24. The van der Waals surface area contributed by atoms with Gasteiger partial charge in [-0.1, -0.05) is 23.7 Å². The van der Waals surface area contributed by atoms with Gasteiger partial charge in [0.05, 0.1) is 28.3 Å². The maximum atomic E-state index is 6.26. The first kappa shape index (κ1) is 16.2. The van der Waals surface area contributed by atoms with Gasteiger partial charge in [-0.2, -0.15) is 0 Å². The van der Waals surface area contributed by atoms with Gasteiger partial charge in [0.25, 0.3) is 0 Å². The molecular weight excluding hydrogens is 336 g/mol. The Morgan fingerprint density at radius 1 is 1.12 bits per heavy atom. The van der Waals surface area contributed by atoms with Crippen LogP contribution in [-0.2, 0) is 0 Å². The molecule has 0 radical (unpaired) electrons. The third kappa shape index (κ3) is 3.27.